The van der Waals surface area contributed by atoms with Gasteiger partial charge in [0, 0.05) is 6.07 Å². The summed E-state index contributed by atoms with van der Waals surface area (Å²) in [4.78, 5) is 21.9. The maximum atomic E-state index is 13.8. The Bertz CT molecular complexity index is 605. The molecule has 5 nitrogen and oxygen atoms in total. The first-order valence-electron chi connectivity index (χ1n) is 5.95. The molecule has 1 aromatic carbocycles. The lowest BCUT2D eigenvalue weighted by atomic mass is 10.1. The summed E-state index contributed by atoms with van der Waals surface area (Å²) in [6.07, 6.45) is -5.23. The van der Waals surface area contributed by atoms with Crippen LogP contribution >= 0.6 is 0 Å². The van der Waals surface area contributed by atoms with E-state index in [0.717, 1.165) is 6.07 Å². The molecule has 0 aromatic heterocycles. The number of carbonyl (C=O) groups excluding carboxylic acids is 1. The average Bonchev–Trinajstić information content (AvgIpc) is 2.29. The Morgan fingerprint density at radius 1 is 1.18 bits per heavy atom. The number of nitrogens with one attached hydrogen (secondary N) is 1. The number of hydrogen-bond donors (Lipinski definition) is 2. The quantitative estimate of drug-likeness (QED) is 0.838. The SMILES string of the molecule is CC(C)(C)Oc1cc(C(=O)O)c(NC(=O)C(F)(F)F)cc1F. The van der Waals surface area contributed by atoms with Crippen molar-refractivity contribution in [2.24, 2.45) is 0 Å². The third-order valence-electron chi connectivity index (χ3n) is 2.22. The molecule has 0 unspecified atom stereocenters. The van der Waals surface area contributed by atoms with Crippen molar-refractivity contribution in [1.82, 2.24) is 0 Å². The van der Waals surface area contributed by atoms with E-state index >= 15 is 0 Å². The number of rotatable bonds is 3. The summed E-state index contributed by atoms with van der Waals surface area (Å²) in [5, 5.41) is 10.3. The monoisotopic (exact) mass is 323 g/mol. The predicted octanol–water partition coefficient (Wildman–Crippen LogP) is 3.20. The van der Waals surface area contributed by atoms with E-state index in [4.69, 9.17) is 9.84 Å². The Morgan fingerprint density at radius 3 is 2.14 bits per heavy atom. The van der Waals surface area contributed by atoms with Crippen LogP contribution in [0, 0.1) is 5.82 Å². The van der Waals surface area contributed by atoms with E-state index in [1.807, 2.05) is 0 Å². The molecular formula is C13H13F4NO4. The van der Waals surface area contributed by atoms with Gasteiger partial charge in [0.25, 0.3) is 0 Å². The van der Waals surface area contributed by atoms with E-state index in [1.54, 1.807) is 20.8 Å². The standard InChI is InChI=1S/C13H13F4NO4/c1-12(2,3)22-9-4-6(10(19)20)8(5-7(9)14)18-11(21)13(15,16)17/h4-5H,1-3H3,(H,18,21)(H,19,20). The van der Waals surface area contributed by atoms with Crippen LogP contribution in [0.15, 0.2) is 12.1 Å². The Balaban J connectivity index is 3.27. The van der Waals surface area contributed by atoms with Crippen molar-refractivity contribution in [1.29, 1.82) is 0 Å². The molecule has 0 saturated carbocycles. The normalized spacial score (nSPS) is 12.0. The second-order valence-corrected chi connectivity index (χ2v) is 5.30. The summed E-state index contributed by atoms with van der Waals surface area (Å²) in [6.45, 7) is 4.73. The van der Waals surface area contributed by atoms with Gasteiger partial charge in [-0.3, -0.25) is 4.79 Å². The van der Waals surface area contributed by atoms with Crippen LogP contribution in [0.5, 0.6) is 5.75 Å². The van der Waals surface area contributed by atoms with E-state index in [2.05, 4.69) is 0 Å². The van der Waals surface area contributed by atoms with Gasteiger partial charge in [-0.15, -0.1) is 0 Å². The van der Waals surface area contributed by atoms with Gasteiger partial charge in [0.05, 0.1) is 11.3 Å². The molecule has 9 heteroatoms. The Labute approximate surface area is 122 Å². The lowest BCUT2D eigenvalue weighted by Crippen LogP contribution is -2.31. The number of ether oxygens (including phenoxy) is 1. The first kappa shape index (κ1) is 17.7. The number of hydrogen-bond acceptors (Lipinski definition) is 3. The third kappa shape index (κ3) is 4.61. The molecule has 1 rings (SSSR count). The lowest BCUT2D eigenvalue weighted by Gasteiger charge is -2.22. The van der Waals surface area contributed by atoms with Gasteiger partial charge in [-0.1, -0.05) is 0 Å². The molecule has 0 aliphatic carbocycles. The van der Waals surface area contributed by atoms with Crippen LogP contribution in [0.1, 0.15) is 31.1 Å². The molecule has 22 heavy (non-hydrogen) atoms. The van der Waals surface area contributed by atoms with Crippen LogP contribution in [0.25, 0.3) is 0 Å². The fourth-order valence-electron chi connectivity index (χ4n) is 1.44. The number of benzene rings is 1. The zero-order valence-corrected chi connectivity index (χ0v) is 11.8. The largest absolute Gasteiger partial charge is 0.485 e. The minimum Gasteiger partial charge on any atom is -0.485 e. The van der Waals surface area contributed by atoms with Gasteiger partial charge in [0.2, 0.25) is 0 Å². The molecule has 0 spiro atoms. The van der Waals surface area contributed by atoms with Gasteiger partial charge >= 0.3 is 18.1 Å². The Hall–Kier alpha value is -2.32. The highest BCUT2D eigenvalue weighted by Gasteiger charge is 2.39. The molecule has 0 bridgehead atoms. The molecule has 0 saturated heterocycles. The van der Waals surface area contributed by atoms with Crippen molar-refractivity contribution >= 4 is 17.6 Å². The summed E-state index contributed by atoms with van der Waals surface area (Å²) in [6, 6.07) is 1.18. The van der Waals surface area contributed by atoms with E-state index < -0.39 is 46.5 Å². The minimum atomic E-state index is -5.23. The van der Waals surface area contributed by atoms with Crippen molar-refractivity contribution in [2.45, 2.75) is 32.5 Å². The number of amides is 1. The fraction of sp³-hybridized carbons (Fsp3) is 0.385. The number of carbonyl (C=O) groups is 2. The van der Waals surface area contributed by atoms with Gasteiger partial charge in [-0.25, -0.2) is 9.18 Å². The van der Waals surface area contributed by atoms with Crippen molar-refractivity contribution in [3.63, 3.8) is 0 Å². The molecule has 1 aromatic rings. The van der Waals surface area contributed by atoms with Gasteiger partial charge in [-0.05, 0) is 26.8 Å². The maximum absolute atomic E-state index is 13.8. The van der Waals surface area contributed by atoms with Gasteiger partial charge in [-0.2, -0.15) is 13.2 Å². The topological polar surface area (TPSA) is 75.6 Å². The van der Waals surface area contributed by atoms with Crippen LogP contribution in [0.3, 0.4) is 0 Å². The molecular weight excluding hydrogens is 310 g/mol. The minimum absolute atomic E-state index is 0.449. The number of alkyl halides is 3. The van der Waals surface area contributed by atoms with Crippen LogP contribution in [-0.2, 0) is 4.79 Å². The average molecular weight is 323 g/mol. The van der Waals surface area contributed by atoms with E-state index in [-0.39, 0.29) is 0 Å². The van der Waals surface area contributed by atoms with Gasteiger partial charge < -0.3 is 15.2 Å². The van der Waals surface area contributed by atoms with Crippen LogP contribution in [0.4, 0.5) is 23.2 Å². The number of aromatic carboxylic acids is 1. The highest BCUT2D eigenvalue weighted by molar-refractivity contribution is 6.02. The van der Waals surface area contributed by atoms with E-state index in [0.29, 0.717) is 6.07 Å². The summed E-state index contributed by atoms with van der Waals surface area (Å²) >= 11 is 0. The number of carboxylic acid groups (broad SMARTS) is 1. The number of carboxylic acids is 1. The first-order valence-corrected chi connectivity index (χ1v) is 5.95. The van der Waals surface area contributed by atoms with Crippen LogP contribution in [-0.4, -0.2) is 28.8 Å². The summed E-state index contributed by atoms with van der Waals surface area (Å²) in [5.41, 5.74) is -2.39. The van der Waals surface area contributed by atoms with Crippen molar-refractivity contribution in [3.8, 4) is 5.75 Å². The second kappa shape index (κ2) is 5.82. The van der Waals surface area contributed by atoms with E-state index in [9.17, 15) is 27.2 Å². The van der Waals surface area contributed by atoms with E-state index in [1.165, 1.54) is 5.32 Å². The summed E-state index contributed by atoms with van der Waals surface area (Å²) < 4.78 is 55.6. The Kier molecular flexibility index (Phi) is 4.69. The van der Waals surface area contributed by atoms with Crippen molar-refractivity contribution in [2.75, 3.05) is 5.32 Å². The van der Waals surface area contributed by atoms with Crippen LogP contribution in [0.2, 0.25) is 0 Å². The number of anilines is 1. The Morgan fingerprint density at radius 2 is 1.73 bits per heavy atom. The fourth-order valence-corrected chi connectivity index (χ4v) is 1.44. The molecule has 0 fully saturated rings. The molecule has 0 radical (unpaired) electrons. The summed E-state index contributed by atoms with van der Waals surface area (Å²) in [7, 11) is 0. The first-order chi connectivity index (χ1) is 9.81. The highest BCUT2D eigenvalue weighted by atomic mass is 19.4. The predicted molar refractivity (Wildman–Crippen MR) is 68.4 cm³/mol. The van der Waals surface area contributed by atoms with Gasteiger partial charge in [0.1, 0.15) is 5.60 Å². The molecule has 0 aliphatic heterocycles. The van der Waals surface area contributed by atoms with Crippen molar-refractivity contribution in [3.05, 3.63) is 23.5 Å². The summed E-state index contributed by atoms with van der Waals surface area (Å²) in [5.74, 6) is -5.59. The lowest BCUT2D eigenvalue weighted by molar-refractivity contribution is -0.167. The van der Waals surface area contributed by atoms with Gasteiger partial charge in [0.15, 0.2) is 11.6 Å². The highest BCUT2D eigenvalue weighted by Crippen LogP contribution is 2.30. The molecule has 1 amide bonds. The number of halogens is 4. The van der Waals surface area contributed by atoms with Crippen LogP contribution < -0.4 is 10.1 Å². The molecule has 122 valence electrons. The zero-order valence-electron chi connectivity index (χ0n) is 11.8. The zero-order chi connectivity index (χ0) is 17.3. The molecule has 0 atom stereocenters. The second-order valence-electron chi connectivity index (χ2n) is 5.30. The third-order valence-corrected chi connectivity index (χ3v) is 2.22. The molecule has 0 heterocycles. The smallest absolute Gasteiger partial charge is 0.471 e. The molecule has 2 N–H and O–H groups in total. The van der Waals surface area contributed by atoms with Crippen molar-refractivity contribution < 1.29 is 37.0 Å². The molecule has 0 aliphatic rings. The maximum Gasteiger partial charge on any atom is 0.471 e.